The molecule has 0 aromatic rings. The van der Waals surface area contributed by atoms with Gasteiger partial charge in [-0.25, -0.2) is 4.79 Å². The third-order valence-corrected chi connectivity index (χ3v) is 2.64. The summed E-state index contributed by atoms with van der Waals surface area (Å²) in [6.45, 7) is 0.657. The molecule has 0 aromatic carbocycles. The van der Waals surface area contributed by atoms with Gasteiger partial charge in [0.15, 0.2) is 0 Å². The lowest BCUT2D eigenvalue weighted by atomic mass is 10.2. The largest absolute Gasteiger partial charge is 0.467 e. The van der Waals surface area contributed by atoms with Gasteiger partial charge in [-0.15, -0.1) is 0 Å². The number of esters is 1. The molecule has 0 aromatic heterocycles. The van der Waals surface area contributed by atoms with Crippen molar-refractivity contribution in [3.8, 4) is 0 Å². The molecule has 1 heterocycles. The lowest BCUT2D eigenvalue weighted by molar-refractivity contribution is -0.150. The van der Waals surface area contributed by atoms with Crippen molar-refractivity contribution in [2.24, 2.45) is 0 Å². The van der Waals surface area contributed by atoms with Crippen LogP contribution in [0.15, 0.2) is 0 Å². The van der Waals surface area contributed by atoms with Crippen molar-refractivity contribution in [2.45, 2.75) is 18.9 Å². The maximum Gasteiger partial charge on any atom is 0.328 e. The highest BCUT2D eigenvalue weighted by atomic mass is 79.9. The normalized spacial score (nSPS) is 21.7. The Bertz CT molecular complexity index is 197. The van der Waals surface area contributed by atoms with Crippen molar-refractivity contribution >= 4 is 27.8 Å². The summed E-state index contributed by atoms with van der Waals surface area (Å²) in [5.41, 5.74) is 0. The molecule has 1 atom stereocenters. The molecule has 0 bridgehead atoms. The van der Waals surface area contributed by atoms with Gasteiger partial charge in [-0.1, -0.05) is 15.9 Å². The number of likely N-dealkylation sites (tertiary alicyclic amines) is 1. The molecule has 0 saturated carbocycles. The van der Waals surface area contributed by atoms with Crippen LogP contribution >= 0.6 is 15.9 Å². The summed E-state index contributed by atoms with van der Waals surface area (Å²) in [7, 11) is 1.34. The highest BCUT2D eigenvalue weighted by molar-refractivity contribution is 9.09. The second kappa shape index (κ2) is 4.60. The van der Waals surface area contributed by atoms with Crippen molar-refractivity contribution in [1.29, 1.82) is 0 Å². The summed E-state index contributed by atoms with van der Waals surface area (Å²) in [5, 5.41) is 0.264. The van der Waals surface area contributed by atoms with Gasteiger partial charge in [-0.2, -0.15) is 0 Å². The van der Waals surface area contributed by atoms with Gasteiger partial charge in [-0.05, 0) is 12.8 Å². The first-order valence-corrected chi connectivity index (χ1v) is 5.26. The van der Waals surface area contributed by atoms with E-state index >= 15 is 0 Å². The Balaban J connectivity index is 2.63. The first-order chi connectivity index (χ1) is 6.20. The van der Waals surface area contributed by atoms with E-state index in [4.69, 9.17) is 0 Å². The smallest absolute Gasteiger partial charge is 0.328 e. The highest BCUT2D eigenvalue weighted by Gasteiger charge is 2.33. The van der Waals surface area contributed by atoms with Gasteiger partial charge in [0.2, 0.25) is 5.91 Å². The predicted molar refractivity (Wildman–Crippen MR) is 50.5 cm³/mol. The Morgan fingerprint density at radius 1 is 1.62 bits per heavy atom. The number of rotatable bonds is 2. The summed E-state index contributed by atoms with van der Waals surface area (Å²) in [6, 6.07) is -0.366. The van der Waals surface area contributed by atoms with E-state index < -0.39 is 0 Å². The Morgan fingerprint density at radius 2 is 2.31 bits per heavy atom. The van der Waals surface area contributed by atoms with Crippen LogP contribution in [0.3, 0.4) is 0 Å². The van der Waals surface area contributed by atoms with Crippen molar-refractivity contribution < 1.29 is 14.3 Å². The van der Waals surface area contributed by atoms with E-state index in [9.17, 15) is 9.59 Å². The van der Waals surface area contributed by atoms with Gasteiger partial charge >= 0.3 is 5.97 Å². The molecular formula is C8H12BrNO3. The van der Waals surface area contributed by atoms with E-state index in [1.807, 2.05) is 0 Å². The van der Waals surface area contributed by atoms with E-state index in [0.717, 1.165) is 6.42 Å². The Hall–Kier alpha value is -0.580. The van der Waals surface area contributed by atoms with E-state index in [1.54, 1.807) is 4.90 Å². The summed E-state index contributed by atoms with van der Waals surface area (Å²) in [5.74, 6) is -0.361. The molecule has 5 heteroatoms. The predicted octanol–water partition coefficient (Wildman–Crippen LogP) is 0.545. The fourth-order valence-corrected chi connectivity index (χ4v) is 1.85. The fourth-order valence-electron chi connectivity index (χ4n) is 1.52. The molecule has 1 fully saturated rings. The first-order valence-electron chi connectivity index (χ1n) is 4.14. The molecule has 1 aliphatic rings. The van der Waals surface area contributed by atoms with E-state index in [1.165, 1.54) is 7.11 Å². The zero-order valence-corrected chi connectivity index (χ0v) is 9.04. The number of alkyl halides is 1. The average molecular weight is 250 g/mol. The standard InChI is InChI=1S/C8H12BrNO3/c1-13-8(12)6-3-2-4-10(6)7(11)5-9/h6H,2-5H2,1H3. The van der Waals surface area contributed by atoms with Gasteiger partial charge in [-0.3, -0.25) is 4.79 Å². The monoisotopic (exact) mass is 249 g/mol. The van der Waals surface area contributed by atoms with Crippen LogP contribution in [0.2, 0.25) is 0 Å². The number of amides is 1. The zero-order valence-electron chi connectivity index (χ0n) is 7.46. The van der Waals surface area contributed by atoms with Gasteiger partial charge in [0.1, 0.15) is 6.04 Å². The van der Waals surface area contributed by atoms with E-state index in [0.29, 0.717) is 13.0 Å². The number of methoxy groups -OCH3 is 1. The fraction of sp³-hybridized carbons (Fsp3) is 0.750. The molecule has 1 saturated heterocycles. The molecule has 1 amide bonds. The molecule has 13 heavy (non-hydrogen) atoms. The summed E-state index contributed by atoms with van der Waals surface area (Å²) in [6.07, 6.45) is 1.59. The molecule has 1 rings (SSSR count). The van der Waals surface area contributed by atoms with E-state index in [-0.39, 0.29) is 23.2 Å². The molecule has 0 N–H and O–H groups in total. The maximum absolute atomic E-state index is 11.3. The molecular weight excluding hydrogens is 238 g/mol. The molecule has 74 valence electrons. The molecule has 1 aliphatic heterocycles. The number of hydrogen-bond donors (Lipinski definition) is 0. The average Bonchev–Trinajstić information content (AvgIpc) is 2.63. The topological polar surface area (TPSA) is 46.6 Å². The maximum atomic E-state index is 11.3. The van der Waals surface area contributed by atoms with E-state index in [2.05, 4.69) is 20.7 Å². The van der Waals surface area contributed by atoms with Crippen LogP contribution in [0, 0.1) is 0 Å². The van der Waals surface area contributed by atoms with Crippen LogP contribution in [0.1, 0.15) is 12.8 Å². The number of carbonyl (C=O) groups excluding carboxylic acids is 2. The minimum absolute atomic E-state index is 0.0482. The van der Waals surface area contributed by atoms with Crippen LogP contribution in [0.25, 0.3) is 0 Å². The third kappa shape index (κ3) is 2.21. The van der Waals surface area contributed by atoms with Crippen molar-refractivity contribution in [2.75, 3.05) is 19.0 Å². The van der Waals surface area contributed by atoms with Crippen molar-refractivity contribution in [3.05, 3.63) is 0 Å². The molecule has 0 spiro atoms. The van der Waals surface area contributed by atoms with Gasteiger partial charge < -0.3 is 9.64 Å². The molecule has 4 nitrogen and oxygen atoms in total. The SMILES string of the molecule is COC(=O)C1CCCN1C(=O)CBr. The Labute approximate surface area is 85.4 Å². The number of carbonyl (C=O) groups is 2. The quantitative estimate of drug-likeness (QED) is 0.531. The van der Waals surface area contributed by atoms with Crippen LogP contribution in [0.5, 0.6) is 0 Å². The second-order valence-corrected chi connectivity index (χ2v) is 3.46. The first kappa shape index (κ1) is 10.5. The number of hydrogen-bond acceptors (Lipinski definition) is 3. The Kier molecular flexibility index (Phi) is 3.71. The Morgan fingerprint density at radius 3 is 2.85 bits per heavy atom. The third-order valence-electron chi connectivity index (χ3n) is 2.16. The number of ether oxygens (including phenoxy) is 1. The summed E-state index contributed by atoms with van der Waals surface area (Å²) >= 11 is 3.08. The molecule has 1 unspecified atom stereocenters. The molecule has 0 aliphatic carbocycles. The van der Waals surface area contributed by atoms with Crippen LogP contribution in [0.4, 0.5) is 0 Å². The number of nitrogens with zero attached hydrogens (tertiary/aromatic N) is 1. The zero-order chi connectivity index (χ0) is 9.84. The van der Waals surface area contributed by atoms with Gasteiger partial charge in [0, 0.05) is 6.54 Å². The molecule has 0 radical (unpaired) electrons. The minimum atomic E-state index is -0.366. The van der Waals surface area contributed by atoms with Crippen LogP contribution < -0.4 is 0 Å². The highest BCUT2D eigenvalue weighted by Crippen LogP contribution is 2.18. The summed E-state index contributed by atoms with van der Waals surface area (Å²) < 4.78 is 4.61. The van der Waals surface area contributed by atoms with Gasteiger partial charge in [0.25, 0.3) is 0 Å². The minimum Gasteiger partial charge on any atom is -0.467 e. The van der Waals surface area contributed by atoms with Crippen LogP contribution in [-0.4, -0.2) is 41.8 Å². The van der Waals surface area contributed by atoms with Crippen LogP contribution in [-0.2, 0) is 14.3 Å². The van der Waals surface area contributed by atoms with Crippen molar-refractivity contribution in [3.63, 3.8) is 0 Å². The van der Waals surface area contributed by atoms with Crippen molar-refractivity contribution in [1.82, 2.24) is 4.90 Å². The summed E-state index contributed by atoms with van der Waals surface area (Å²) in [4.78, 5) is 24.1. The second-order valence-electron chi connectivity index (χ2n) is 2.90. The number of halogens is 1. The lowest BCUT2D eigenvalue weighted by Gasteiger charge is -2.21. The lowest BCUT2D eigenvalue weighted by Crippen LogP contribution is -2.41. The van der Waals surface area contributed by atoms with Gasteiger partial charge in [0.05, 0.1) is 12.4 Å².